The van der Waals surface area contributed by atoms with Gasteiger partial charge < -0.3 is 0 Å². The molecule has 0 N–H and O–H groups in total. The number of aromatic nitrogens is 1. The summed E-state index contributed by atoms with van der Waals surface area (Å²) < 4.78 is 67.2. The Morgan fingerprint density at radius 3 is 2.00 bits per heavy atom. The van der Waals surface area contributed by atoms with E-state index in [1.807, 2.05) is 0 Å². The first kappa shape index (κ1) is 18.7. The van der Waals surface area contributed by atoms with Gasteiger partial charge in [0.2, 0.25) is 5.82 Å². The molecule has 0 aliphatic carbocycles. The van der Waals surface area contributed by atoms with Crippen molar-refractivity contribution in [1.82, 2.24) is 4.98 Å². The molecule has 0 aliphatic heterocycles. The molecule has 0 atom stereocenters. The Kier molecular flexibility index (Phi) is 5.30. The first-order valence-electron chi connectivity index (χ1n) is 7.95. The van der Waals surface area contributed by atoms with Crippen molar-refractivity contribution in [3.63, 3.8) is 0 Å². The summed E-state index contributed by atoms with van der Waals surface area (Å²) in [4.78, 5) is 16.7. The second kappa shape index (κ2) is 7.65. The number of nitrogens with zero attached hydrogens (tertiary/aromatic N) is 1. The van der Waals surface area contributed by atoms with Crippen LogP contribution in [0.25, 0.3) is 11.3 Å². The van der Waals surface area contributed by atoms with E-state index in [-0.39, 0.29) is 5.56 Å². The highest BCUT2D eigenvalue weighted by Crippen LogP contribution is 2.26. The Bertz CT molecular complexity index is 976. The zero-order valence-electron chi connectivity index (χ0n) is 13.8. The molecule has 0 saturated carbocycles. The number of carbonyl (C=O) groups excluding carboxylic acids is 1. The molecule has 2 nitrogen and oxygen atoms in total. The zero-order chi connectivity index (χ0) is 19.6. The minimum atomic E-state index is -2.22. The van der Waals surface area contributed by atoms with Crippen LogP contribution in [0, 0.1) is 29.1 Å². The Labute approximate surface area is 151 Å². The third-order valence-electron chi connectivity index (χ3n) is 4.07. The van der Waals surface area contributed by atoms with Gasteiger partial charge in [0.05, 0.1) is 5.69 Å². The summed E-state index contributed by atoms with van der Waals surface area (Å²) >= 11 is 0. The van der Waals surface area contributed by atoms with Gasteiger partial charge in [-0.1, -0.05) is 30.3 Å². The highest BCUT2D eigenvalue weighted by Gasteiger charge is 2.26. The van der Waals surface area contributed by atoms with Gasteiger partial charge in [0.15, 0.2) is 29.1 Å². The van der Waals surface area contributed by atoms with Crippen molar-refractivity contribution < 1.29 is 26.7 Å². The Morgan fingerprint density at radius 2 is 1.37 bits per heavy atom. The fourth-order valence-electron chi connectivity index (χ4n) is 2.71. The van der Waals surface area contributed by atoms with E-state index in [1.54, 1.807) is 42.6 Å². The highest BCUT2D eigenvalue weighted by molar-refractivity contribution is 6.02. The van der Waals surface area contributed by atoms with Crippen LogP contribution in [0.3, 0.4) is 0 Å². The van der Waals surface area contributed by atoms with Gasteiger partial charge in [0.25, 0.3) is 0 Å². The van der Waals surface area contributed by atoms with Crippen LogP contribution in [0.2, 0.25) is 0 Å². The van der Waals surface area contributed by atoms with E-state index in [0.29, 0.717) is 11.3 Å². The summed E-state index contributed by atoms with van der Waals surface area (Å²) in [6, 6.07) is 11.6. The lowest BCUT2D eigenvalue weighted by molar-refractivity contribution is 0.0982. The maximum Gasteiger partial charge on any atom is 0.200 e. The second-order valence-electron chi connectivity index (χ2n) is 5.73. The number of rotatable bonds is 5. The van der Waals surface area contributed by atoms with E-state index in [0.717, 1.165) is 0 Å². The Hall–Kier alpha value is -3.09. The van der Waals surface area contributed by atoms with Crippen LogP contribution in [-0.4, -0.2) is 10.8 Å². The van der Waals surface area contributed by atoms with Gasteiger partial charge >= 0.3 is 0 Å². The van der Waals surface area contributed by atoms with Crippen LogP contribution in [-0.2, 0) is 6.42 Å². The standard InChI is InChI=1S/C20H12F5NO/c21-16-13(17(22)19(24)20(25)18(16)23)8-9-15(27)12-6-2-1-5-11(12)14-7-3-4-10-26-14/h1-7,10H,8-9H2. The van der Waals surface area contributed by atoms with E-state index in [1.165, 1.54) is 6.07 Å². The summed E-state index contributed by atoms with van der Waals surface area (Å²) in [5.74, 6) is -10.6. The molecule has 7 heteroatoms. The van der Waals surface area contributed by atoms with Gasteiger partial charge in [-0.15, -0.1) is 0 Å². The molecule has 3 aromatic rings. The van der Waals surface area contributed by atoms with Crippen LogP contribution in [0.4, 0.5) is 22.0 Å². The fourth-order valence-corrected chi connectivity index (χ4v) is 2.71. The average Bonchev–Trinajstić information content (AvgIpc) is 2.71. The van der Waals surface area contributed by atoms with Gasteiger partial charge in [0.1, 0.15) is 0 Å². The Balaban J connectivity index is 1.89. The first-order valence-corrected chi connectivity index (χ1v) is 7.95. The molecular formula is C20H12F5NO. The molecule has 0 spiro atoms. The van der Waals surface area contributed by atoms with Crippen molar-refractivity contribution in [2.45, 2.75) is 12.8 Å². The van der Waals surface area contributed by atoms with Gasteiger partial charge in [0, 0.05) is 29.3 Å². The quantitative estimate of drug-likeness (QED) is 0.263. The number of carbonyl (C=O) groups is 1. The minimum Gasteiger partial charge on any atom is -0.294 e. The van der Waals surface area contributed by atoms with Crippen LogP contribution in [0.5, 0.6) is 0 Å². The van der Waals surface area contributed by atoms with E-state index in [9.17, 15) is 26.7 Å². The average molecular weight is 377 g/mol. The molecule has 0 amide bonds. The number of hydrogen-bond donors (Lipinski definition) is 0. The first-order chi connectivity index (χ1) is 12.9. The molecule has 27 heavy (non-hydrogen) atoms. The summed E-state index contributed by atoms with van der Waals surface area (Å²) in [7, 11) is 0. The van der Waals surface area contributed by atoms with Crippen molar-refractivity contribution in [3.05, 3.63) is 88.9 Å². The molecule has 1 heterocycles. The summed E-state index contributed by atoms with van der Waals surface area (Å²) in [5, 5.41) is 0. The number of ketones is 1. The lowest BCUT2D eigenvalue weighted by atomic mass is 9.96. The summed E-state index contributed by atoms with van der Waals surface area (Å²) in [6.45, 7) is 0. The number of halogens is 5. The van der Waals surface area contributed by atoms with E-state index in [4.69, 9.17) is 0 Å². The molecule has 3 rings (SSSR count). The number of hydrogen-bond acceptors (Lipinski definition) is 2. The van der Waals surface area contributed by atoms with E-state index >= 15 is 0 Å². The molecule has 0 radical (unpaired) electrons. The summed E-state index contributed by atoms with van der Waals surface area (Å²) in [5.41, 5.74) is 0.285. The molecule has 2 aromatic carbocycles. The molecule has 1 aromatic heterocycles. The largest absolute Gasteiger partial charge is 0.294 e. The van der Waals surface area contributed by atoms with Gasteiger partial charge in [-0.25, -0.2) is 22.0 Å². The zero-order valence-corrected chi connectivity index (χ0v) is 13.8. The van der Waals surface area contributed by atoms with E-state index < -0.39 is 53.3 Å². The van der Waals surface area contributed by atoms with Crippen molar-refractivity contribution in [2.24, 2.45) is 0 Å². The van der Waals surface area contributed by atoms with Crippen LogP contribution in [0.1, 0.15) is 22.3 Å². The fraction of sp³-hybridized carbons (Fsp3) is 0.100. The van der Waals surface area contributed by atoms with Gasteiger partial charge in [-0.05, 0) is 18.6 Å². The molecule has 0 fully saturated rings. The maximum absolute atomic E-state index is 13.8. The van der Waals surface area contributed by atoms with E-state index in [2.05, 4.69) is 4.98 Å². The van der Waals surface area contributed by atoms with Crippen LogP contribution >= 0.6 is 0 Å². The molecular weight excluding hydrogens is 365 g/mol. The van der Waals surface area contributed by atoms with Crippen LogP contribution in [0.15, 0.2) is 48.7 Å². The second-order valence-corrected chi connectivity index (χ2v) is 5.73. The minimum absolute atomic E-state index is 0.250. The number of benzene rings is 2. The van der Waals surface area contributed by atoms with Crippen molar-refractivity contribution in [3.8, 4) is 11.3 Å². The molecule has 138 valence electrons. The predicted molar refractivity (Wildman–Crippen MR) is 88.6 cm³/mol. The van der Waals surface area contributed by atoms with Crippen molar-refractivity contribution in [2.75, 3.05) is 0 Å². The van der Waals surface area contributed by atoms with Gasteiger partial charge in [-0.2, -0.15) is 0 Å². The molecule has 0 saturated heterocycles. The highest BCUT2D eigenvalue weighted by atomic mass is 19.2. The third-order valence-corrected chi connectivity index (χ3v) is 4.07. The molecule has 0 unspecified atom stereocenters. The lowest BCUT2D eigenvalue weighted by Gasteiger charge is -2.10. The lowest BCUT2D eigenvalue weighted by Crippen LogP contribution is -2.10. The predicted octanol–water partition coefficient (Wildman–Crippen LogP) is 5.26. The SMILES string of the molecule is O=C(CCc1c(F)c(F)c(F)c(F)c1F)c1ccccc1-c1ccccn1. The van der Waals surface area contributed by atoms with Crippen LogP contribution < -0.4 is 0 Å². The monoisotopic (exact) mass is 377 g/mol. The third kappa shape index (κ3) is 3.58. The summed E-state index contributed by atoms with van der Waals surface area (Å²) in [6.07, 6.45) is 0.495. The topological polar surface area (TPSA) is 30.0 Å². The van der Waals surface area contributed by atoms with Crippen molar-refractivity contribution in [1.29, 1.82) is 0 Å². The Morgan fingerprint density at radius 1 is 0.778 bits per heavy atom. The number of pyridine rings is 1. The smallest absolute Gasteiger partial charge is 0.200 e. The molecule has 0 aliphatic rings. The number of Topliss-reactive ketones (excluding diaryl/α,β-unsaturated/α-hetero) is 1. The maximum atomic E-state index is 13.8. The van der Waals surface area contributed by atoms with Crippen molar-refractivity contribution >= 4 is 5.78 Å². The normalized spacial score (nSPS) is 10.9. The molecule has 0 bridgehead atoms. The van der Waals surface area contributed by atoms with Gasteiger partial charge in [-0.3, -0.25) is 9.78 Å².